The summed E-state index contributed by atoms with van der Waals surface area (Å²) in [7, 11) is 2.83. The summed E-state index contributed by atoms with van der Waals surface area (Å²) in [6.45, 7) is 5.34. The van der Waals surface area contributed by atoms with Crippen molar-refractivity contribution in [3.8, 4) is 0 Å². The third kappa shape index (κ3) is 4.09. The maximum absolute atomic E-state index is 12.2. The summed E-state index contributed by atoms with van der Waals surface area (Å²) in [5.74, 6) is -0.437. The SMILES string of the molecule is COC(=O)C1CCCC(OC)N1C(=O)OC(C)(C)C. The molecule has 0 spiro atoms. The molecule has 0 radical (unpaired) electrons. The summed E-state index contributed by atoms with van der Waals surface area (Å²) >= 11 is 0. The highest BCUT2D eigenvalue weighted by molar-refractivity contribution is 5.81. The molecule has 6 heteroatoms. The minimum Gasteiger partial charge on any atom is -0.467 e. The highest BCUT2D eigenvalue weighted by atomic mass is 16.6. The Balaban J connectivity index is 2.91. The van der Waals surface area contributed by atoms with Crippen LogP contribution in [0.3, 0.4) is 0 Å². The molecule has 110 valence electrons. The zero-order chi connectivity index (χ0) is 14.6. The van der Waals surface area contributed by atoms with E-state index in [1.807, 2.05) is 0 Å². The van der Waals surface area contributed by atoms with Crippen LogP contribution in [-0.2, 0) is 19.0 Å². The van der Waals surface area contributed by atoms with Gasteiger partial charge in [0.25, 0.3) is 0 Å². The largest absolute Gasteiger partial charge is 0.467 e. The number of carbonyl (C=O) groups is 2. The Labute approximate surface area is 114 Å². The summed E-state index contributed by atoms with van der Waals surface area (Å²) in [4.78, 5) is 25.4. The normalized spacial score (nSPS) is 23.9. The van der Waals surface area contributed by atoms with Crippen LogP contribution in [0.15, 0.2) is 0 Å². The van der Waals surface area contributed by atoms with Crippen molar-refractivity contribution in [2.75, 3.05) is 14.2 Å². The average Bonchev–Trinajstić information content (AvgIpc) is 2.34. The van der Waals surface area contributed by atoms with E-state index in [2.05, 4.69) is 0 Å². The second-order valence-corrected chi connectivity index (χ2v) is 5.55. The first-order valence-electron chi connectivity index (χ1n) is 6.42. The van der Waals surface area contributed by atoms with E-state index in [9.17, 15) is 9.59 Å². The molecule has 6 nitrogen and oxygen atoms in total. The Bertz CT molecular complexity index is 336. The monoisotopic (exact) mass is 273 g/mol. The first kappa shape index (κ1) is 15.8. The predicted molar refractivity (Wildman–Crippen MR) is 68.5 cm³/mol. The number of likely N-dealkylation sites (tertiary alicyclic amines) is 1. The fraction of sp³-hybridized carbons (Fsp3) is 0.846. The van der Waals surface area contributed by atoms with Crippen molar-refractivity contribution in [3.05, 3.63) is 0 Å². The average molecular weight is 273 g/mol. The molecule has 2 atom stereocenters. The lowest BCUT2D eigenvalue weighted by Gasteiger charge is -2.39. The Morgan fingerprint density at radius 3 is 2.26 bits per heavy atom. The lowest BCUT2D eigenvalue weighted by atomic mass is 10.0. The third-order valence-corrected chi connectivity index (χ3v) is 2.92. The van der Waals surface area contributed by atoms with Gasteiger partial charge in [-0.25, -0.2) is 9.59 Å². The van der Waals surface area contributed by atoms with Gasteiger partial charge in [0.2, 0.25) is 0 Å². The number of ether oxygens (including phenoxy) is 3. The second-order valence-electron chi connectivity index (χ2n) is 5.55. The number of rotatable bonds is 2. The summed E-state index contributed by atoms with van der Waals surface area (Å²) < 4.78 is 15.4. The molecule has 1 amide bonds. The standard InChI is InChI=1S/C13H23NO5/c1-13(2,3)19-12(16)14-9(11(15)18-5)7-6-8-10(14)17-4/h9-10H,6-8H2,1-5H3. The number of hydrogen-bond acceptors (Lipinski definition) is 5. The molecule has 1 aliphatic heterocycles. The Hall–Kier alpha value is -1.30. The van der Waals surface area contributed by atoms with E-state index in [0.717, 1.165) is 6.42 Å². The van der Waals surface area contributed by atoms with Gasteiger partial charge in [-0.05, 0) is 40.0 Å². The van der Waals surface area contributed by atoms with E-state index >= 15 is 0 Å². The maximum atomic E-state index is 12.2. The molecular weight excluding hydrogens is 250 g/mol. The van der Waals surface area contributed by atoms with Crippen molar-refractivity contribution in [1.29, 1.82) is 0 Å². The predicted octanol–water partition coefficient (Wildman–Crippen LogP) is 1.92. The highest BCUT2D eigenvalue weighted by Crippen LogP contribution is 2.26. The van der Waals surface area contributed by atoms with Crippen molar-refractivity contribution in [3.63, 3.8) is 0 Å². The van der Waals surface area contributed by atoms with Gasteiger partial charge in [-0.1, -0.05) is 0 Å². The molecule has 2 unspecified atom stereocenters. The lowest BCUT2D eigenvalue weighted by molar-refractivity contribution is -0.156. The van der Waals surface area contributed by atoms with E-state index in [1.54, 1.807) is 20.8 Å². The molecule has 19 heavy (non-hydrogen) atoms. The highest BCUT2D eigenvalue weighted by Gasteiger charge is 2.41. The molecule has 0 aromatic carbocycles. The zero-order valence-electron chi connectivity index (χ0n) is 12.3. The molecule has 1 aliphatic rings. The van der Waals surface area contributed by atoms with Gasteiger partial charge in [0.1, 0.15) is 17.9 Å². The molecule has 0 N–H and O–H groups in total. The van der Waals surface area contributed by atoms with E-state index < -0.39 is 29.9 Å². The summed E-state index contributed by atoms with van der Waals surface area (Å²) in [6, 6.07) is -0.640. The molecule has 0 aliphatic carbocycles. The zero-order valence-corrected chi connectivity index (χ0v) is 12.3. The molecule has 1 saturated heterocycles. The topological polar surface area (TPSA) is 65.1 Å². The number of amides is 1. The first-order chi connectivity index (χ1) is 8.80. The van der Waals surface area contributed by atoms with Crippen molar-refractivity contribution in [2.24, 2.45) is 0 Å². The van der Waals surface area contributed by atoms with Crippen molar-refractivity contribution in [1.82, 2.24) is 4.90 Å². The van der Waals surface area contributed by atoms with Crippen LogP contribution in [0.1, 0.15) is 40.0 Å². The van der Waals surface area contributed by atoms with E-state index in [1.165, 1.54) is 19.1 Å². The fourth-order valence-corrected chi connectivity index (χ4v) is 2.12. The van der Waals surface area contributed by atoms with Crippen molar-refractivity contribution in [2.45, 2.75) is 57.9 Å². The van der Waals surface area contributed by atoms with Gasteiger partial charge in [0, 0.05) is 7.11 Å². The molecule has 1 fully saturated rings. The van der Waals surface area contributed by atoms with Crippen LogP contribution in [0.4, 0.5) is 4.79 Å². The van der Waals surface area contributed by atoms with Crippen molar-refractivity contribution >= 4 is 12.1 Å². The van der Waals surface area contributed by atoms with Crippen LogP contribution >= 0.6 is 0 Å². The number of esters is 1. The van der Waals surface area contributed by atoms with Crippen LogP contribution in [0.2, 0.25) is 0 Å². The van der Waals surface area contributed by atoms with E-state index in [-0.39, 0.29) is 0 Å². The fourth-order valence-electron chi connectivity index (χ4n) is 2.12. The first-order valence-corrected chi connectivity index (χ1v) is 6.42. The lowest BCUT2D eigenvalue weighted by Crippen LogP contribution is -2.55. The van der Waals surface area contributed by atoms with Gasteiger partial charge in [0.15, 0.2) is 0 Å². The van der Waals surface area contributed by atoms with Gasteiger partial charge >= 0.3 is 12.1 Å². The van der Waals surface area contributed by atoms with Gasteiger partial charge in [-0.3, -0.25) is 4.90 Å². The molecule has 1 rings (SSSR count). The van der Waals surface area contributed by atoms with E-state index in [4.69, 9.17) is 14.2 Å². The van der Waals surface area contributed by atoms with Crippen molar-refractivity contribution < 1.29 is 23.8 Å². The minimum absolute atomic E-state index is 0.437. The van der Waals surface area contributed by atoms with Gasteiger partial charge in [-0.2, -0.15) is 0 Å². The van der Waals surface area contributed by atoms with Crippen LogP contribution in [0.5, 0.6) is 0 Å². The minimum atomic E-state index is -0.640. The second kappa shape index (κ2) is 6.23. The number of hydrogen-bond donors (Lipinski definition) is 0. The van der Waals surface area contributed by atoms with E-state index in [0.29, 0.717) is 12.8 Å². The summed E-state index contributed by atoms with van der Waals surface area (Å²) in [5, 5.41) is 0. The Morgan fingerprint density at radius 2 is 1.79 bits per heavy atom. The molecule has 0 saturated carbocycles. The summed E-state index contributed by atoms with van der Waals surface area (Å²) in [5.41, 5.74) is -0.618. The number of methoxy groups -OCH3 is 2. The van der Waals surface area contributed by atoms with Crippen LogP contribution < -0.4 is 0 Å². The molecule has 0 bridgehead atoms. The van der Waals surface area contributed by atoms with Crippen LogP contribution in [0.25, 0.3) is 0 Å². The Morgan fingerprint density at radius 1 is 1.16 bits per heavy atom. The molecule has 0 aromatic heterocycles. The number of carbonyl (C=O) groups excluding carboxylic acids is 2. The Kier molecular flexibility index (Phi) is 5.17. The molecular formula is C13H23NO5. The molecule has 1 heterocycles. The molecule has 0 aromatic rings. The quantitative estimate of drug-likeness (QED) is 0.719. The maximum Gasteiger partial charge on any atom is 0.413 e. The third-order valence-electron chi connectivity index (χ3n) is 2.92. The number of piperidine rings is 1. The van der Waals surface area contributed by atoms with Gasteiger partial charge < -0.3 is 14.2 Å². The van der Waals surface area contributed by atoms with Gasteiger partial charge in [-0.15, -0.1) is 0 Å². The van der Waals surface area contributed by atoms with Crippen LogP contribution in [0, 0.1) is 0 Å². The van der Waals surface area contributed by atoms with Gasteiger partial charge in [0.05, 0.1) is 7.11 Å². The smallest absolute Gasteiger partial charge is 0.413 e. The number of nitrogens with zero attached hydrogens (tertiary/aromatic N) is 1. The summed E-state index contributed by atoms with van der Waals surface area (Å²) in [6.07, 6.45) is 1.05. The van der Waals surface area contributed by atoms with Crippen LogP contribution in [-0.4, -0.2) is 49.1 Å².